The molecule has 1 aliphatic carbocycles. The third-order valence-electron chi connectivity index (χ3n) is 6.10. The smallest absolute Gasteiger partial charge is 0.234 e. The lowest BCUT2D eigenvalue weighted by molar-refractivity contribution is -0.116. The van der Waals surface area contributed by atoms with Crippen LogP contribution in [-0.2, 0) is 9.59 Å². The van der Waals surface area contributed by atoms with Crippen LogP contribution in [0.25, 0.3) is 0 Å². The van der Waals surface area contributed by atoms with Crippen molar-refractivity contribution in [3.8, 4) is 11.8 Å². The molecule has 38 heavy (non-hydrogen) atoms. The van der Waals surface area contributed by atoms with E-state index in [2.05, 4.69) is 21.6 Å². The molecule has 2 aliphatic rings. The van der Waals surface area contributed by atoms with Gasteiger partial charge in [-0.25, -0.2) is 0 Å². The molecule has 1 aromatic carbocycles. The predicted molar refractivity (Wildman–Crippen MR) is 149 cm³/mol. The van der Waals surface area contributed by atoms with Crippen LogP contribution in [0.3, 0.4) is 0 Å². The fourth-order valence-corrected chi connectivity index (χ4v) is 7.05. The number of Topliss-reactive ketones (excluding diaryl/α,β-unsaturated/α-hetero) is 1. The van der Waals surface area contributed by atoms with E-state index >= 15 is 0 Å². The molecule has 5 rings (SSSR count). The number of nitrogens with zero attached hydrogens (tertiary/aromatic N) is 4. The number of benzene rings is 1. The number of carbonyl (C=O) groups is 2. The monoisotopic (exact) mass is 564 g/mol. The number of ether oxygens (including phenoxy) is 1. The molecule has 1 atom stereocenters. The van der Waals surface area contributed by atoms with Gasteiger partial charge in [0.25, 0.3) is 0 Å². The molecule has 1 unspecified atom stereocenters. The lowest BCUT2D eigenvalue weighted by Crippen LogP contribution is -2.38. The van der Waals surface area contributed by atoms with E-state index in [1.807, 2.05) is 24.4 Å². The standard InChI is InChI=1S/C26H24N6O3S3/c1-2-35-16-10-8-15(9-11-16)29-21(34)14-37-26-31-30-25(38-26)32-18-5-3-6-19(33)23(18)22(17(13-27)24(32)28)20-7-4-12-36-20/h4,7-12,22H,2-3,5-6,14,28H2,1H3,(H,29,34). The number of amides is 1. The van der Waals surface area contributed by atoms with Crippen molar-refractivity contribution >= 4 is 56.9 Å². The number of aromatic nitrogens is 2. The average Bonchev–Trinajstić information content (AvgIpc) is 3.61. The van der Waals surface area contributed by atoms with Gasteiger partial charge in [0.15, 0.2) is 10.1 Å². The summed E-state index contributed by atoms with van der Waals surface area (Å²) in [7, 11) is 0. The minimum Gasteiger partial charge on any atom is -0.494 e. The van der Waals surface area contributed by atoms with Crippen LogP contribution >= 0.6 is 34.4 Å². The van der Waals surface area contributed by atoms with Crippen LogP contribution in [0.4, 0.5) is 10.8 Å². The number of rotatable bonds is 8. The zero-order valence-corrected chi connectivity index (χ0v) is 22.9. The van der Waals surface area contributed by atoms with E-state index in [9.17, 15) is 14.9 Å². The molecule has 0 saturated carbocycles. The maximum atomic E-state index is 13.1. The second-order valence-corrected chi connectivity index (χ2v) is 11.6. The SMILES string of the molecule is CCOc1ccc(NC(=O)CSc2nnc(N3C(N)=C(C#N)C(c4cccs4)C4=C3CCCC4=O)s2)cc1. The van der Waals surface area contributed by atoms with E-state index in [1.54, 1.807) is 29.2 Å². The number of allylic oxidation sites excluding steroid dienone is 3. The largest absolute Gasteiger partial charge is 0.494 e. The molecule has 1 aliphatic heterocycles. The molecule has 1 amide bonds. The van der Waals surface area contributed by atoms with E-state index in [1.165, 1.54) is 34.4 Å². The molecule has 0 radical (unpaired) electrons. The highest BCUT2D eigenvalue weighted by atomic mass is 32.2. The molecule has 3 heterocycles. The summed E-state index contributed by atoms with van der Waals surface area (Å²) in [6.07, 6.45) is 1.79. The number of thioether (sulfide) groups is 1. The molecule has 0 spiro atoms. The highest BCUT2D eigenvalue weighted by Crippen LogP contribution is 2.47. The van der Waals surface area contributed by atoms with Crippen molar-refractivity contribution in [1.29, 1.82) is 5.26 Å². The van der Waals surface area contributed by atoms with Gasteiger partial charge in [-0.1, -0.05) is 29.2 Å². The molecule has 0 bridgehead atoms. The lowest BCUT2D eigenvalue weighted by Gasteiger charge is -2.37. The quantitative estimate of drug-likeness (QED) is 0.361. The van der Waals surface area contributed by atoms with Gasteiger partial charge in [0.1, 0.15) is 11.6 Å². The Morgan fingerprint density at radius 3 is 2.82 bits per heavy atom. The minimum atomic E-state index is -0.466. The number of anilines is 2. The Kier molecular flexibility index (Phi) is 7.78. The van der Waals surface area contributed by atoms with Crippen molar-refractivity contribution in [1.82, 2.24) is 10.2 Å². The molecule has 0 saturated heterocycles. The number of hydrogen-bond donors (Lipinski definition) is 2. The summed E-state index contributed by atoms with van der Waals surface area (Å²) in [6, 6.07) is 13.3. The first kappa shape index (κ1) is 26.0. The maximum absolute atomic E-state index is 13.1. The van der Waals surface area contributed by atoms with Crippen molar-refractivity contribution in [2.75, 3.05) is 22.6 Å². The van der Waals surface area contributed by atoms with Crippen LogP contribution in [0.2, 0.25) is 0 Å². The second-order valence-electron chi connectivity index (χ2n) is 8.48. The van der Waals surface area contributed by atoms with Gasteiger partial charge in [0, 0.05) is 28.3 Å². The maximum Gasteiger partial charge on any atom is 0.234 e. The molecular weight excluding hydrogens is 541 g/mol. The molecule has 3 aromatic rings. The van der Waals surface area contributed by atoms with Crippen LogP contribution < -0.4 is 20.7 Å². The number of nitrogens with one attached hydrogen (secondary N) is 1. The van der Waals surface area contributed by atoms with Crippen molar-refractivity contribution < 1.29 is 14.3 Å². The highest BCUT2D eigenvalue weighted by molar-refractivity contribution is 8.01. The summed E-state index contributed by atoms with van der Waals surface area (Å²) in [5, 5.41) is 23.9. The van der Waals surface area contributed by atoms with Gasteiger partial charge < -0.3 is 15.8 Å². The molecule has 12 heteroatoms. The van der Waals surface area contributed by atoms with Gasteiger partial charge in [-0.05, 0) is 55.5 Å². The van der Waals surface area contributed by atoms with E-state index in [4.69, 9.17) is 10.5 Å². The normalized spacial score (nSPS) is 17.3. The summed E-state index contributed by atoms with van der Waals surface area (Å²) in [5.74, 6) is 0.532. The van der Waals surface area contributed by atoms with Crippen LogP contribution in [-0.4, -0.2) is 34.2 Å². The first-order valence-electron chi connectivity index (χ1n) is 12.0. The van der Waals surface area contributed by atoms with Crippen molar-refractivity contribution in [3.63, 3.8) is 0 Å². The summed E-state index contributed by atoms with van der Waals surface area (Å²) in [4.78, 5) is 28.2. The van der Waals surface area contributed by atoms with Gasteiger partial charge in [0.2, 0.25) is 11.0 Å². The van der Waals surface area contributed by atoms with Gasteiger partial charge in [-0.3, -0.25) is 14.5 Å². The van der Waals surface area contributed by atoms with Crippen molar-refractivity contribution in [2.45, 2.75) is 36.4 Å². The Labute approximate surface area is 232 Å². The number of hydrogen-bond acceptors (Lipinski definition) is 11. The molecule has 194 valence electrons. The van der Waals surface area contributed by atoms with E-state index in [0.29, 0.717) is 52.2 Å². The lowest BCUT2D eigenvalue weighted by atomic mass is 9.78. The minimum absolute atomic E-state index is 0.0278. The van der Waals surface area contributed by atoms with Crippen LogP contribution in [0.1, 0.15) is 37.0 Å². The zero-order chi connectivity index (χ0) is 26.6. The third kappa shape index (κ3) is 5.18. The summed E-state index contributed by atoms with van der Waals surface area (Å²) in [5.41, 5.74) is 8.96. The predicted octanol–water partition coefficient (Wildman–Crippen LogP) is 5.03. The summed E-state index contributed by atoms with van der Waals surface area (Å²) >= 11 is 4.03. The fourth-order valence-electron chi connectivity index (χ4n) is 4.52. The summed E-state index contributed by atoms with van der Waals surface area (Å²) in [6.45, 7) is 2.49. The Bertz CT molecular complexity index is 1450. The molecular formula is C26H24N6O3S3. The fraction of sp³-hybridized carbons (Fsp3) is 0.269. The number of ketones is 1. The van der Waals surface area contributed by atoms with Crippen LogP contribution in [0, 0.1) is 11.3 Å². The Hall–Kier alpha value is -3.66. The number of nitrogens with two attached hydrogens (primary N) is 1. The zero-order valence-electron chi connectivity index (χ0n) is 20.5. The molecule has 3 N–H and O–H groups in total. The Balaban J connectivity index is 1.34. The topological polar surface area (TPSA) is 134 Å². The third-order valence-corrected chi connectivity index (χ3v) is 9.08. The van der Waals surface area contributed by atoms with Gasteiger partial charge in [-0.2, -0.15) is 5.26 Å². The van der Waals surface area contributed by atoms with Crippen LogP contribution in [0.5, 0.6) is 5.75 Å². The number of carbonyl (C=O) groups excluding carboxylic acids is 2. The average molecular weight is 565 g/mol. The first-order valence-corrected chi connectivity index (χ1v) is 14.7. The molecule has 9 nitrogen and oxygen atoms in total. The van der Waals surface area contributed by atoms with E-state index < -0.39 is 5.92 Å². The first-order chi connectivity index (χ1) is 18.5. The van der Waals surface area contributed by atoms with Gasteiger partial charge in [-0.15, -0.1) is 21.5 Å². The van der Waals surface area contributed by atoms with Gasteiger partial charge >= 0.3 is 0 Å². The number of nitriles is 1. The Morgan fingerprint density at radius 2 is 2.11 bits per heavy atom. The van der Waals surface area contributed by atoms with Crippen LogP contribution in [0.15, 0.2) is 68.8 Å². The summed E-state index contributed by atoms with van der Waals surface area (Å²) < 4.78 is 6.00. The molecule has 2 aromatic heterocycles. The van der Waals surface area contributed by atoms with Crippen molar-refractivity contribution in [3.05, 3.63) is 69.3 Å². The van der Waals surface area contributed by atoms with E-state index in [-0.39, 0.29) is 23.3 Å². The van der Waals surface area contributed by atoms with Gasteiger partial charge in [0.05, 0.1) is 29.9 Å². The number of thiophene rings is 1. The molecule has 0 fully saturated rings. The highest BCUT2D eigenvalue weighted by Gasteiger charge is 2.41. The Morgan fingerprint density at radius 1 is 1.29 bits per heavy atom. The van der Waals surface area contributed by atoms with E-state index in [0.717, 1.165) is 16.3 Å². The second kappa shape index (κ2) is 11.4. The van der Waals surface area contributed by atoms with Crippen molar-refractivity contribution in [2.24, 2.45) is 5.73 Å².